The van der Waals surface area contributed by atoms with Crippen LogP contribution in [0.4, 0.5) is 0 Å². The van der Waals surface area contributed by atoms with Gasteiger partial charge in [0.05, 0.1) is 6.54 Å². The molecule has 3 rings (SSSR count). The molecule has 3 nitrogen and oxygen atoms in total. The molecule has 0 bridgehead atoms. The lowest BCUT2D eigenvalue weighted by molar-refractivity contribution is 0.288. The van der Waals surface area contributed by atoms with Crippen LogP contribution in [0.5, 0.6) is 0 Å². The normalized spacial score (nSPS) is 22.7. The van der Waals surface area contributed by atoms with Crippen LogP contribution in [0.1, 0.15) is 35.7 Å². The molecule has 1 heterocycles. The number of hydrogen-bond acceptors (Lipinski definition) is 2. The van der Waals surface area contributed by atoms with Gasteiger partial charge in [0.25, 0.3) is 0 Å². The summed E-state index contributed by atoms with van der Waals surface area (Å²) in [4.78, 5) is 7.33. The summed E-state index contributed by atoms with van der Waals surface area (Å²) in [5.41, 5.74) is 2.82. The van der Waals surface area contributed by atoms with Gasteiger partial charge in [0.2, 0.25) is 0 Å². The number of hydrogen-bond donors (Lipinski definition) is 2. The van der Waals surface area contributed by atoms with Crippen LogP contribution in [0.3, 0.4) is 0 Å². The first kappa shape index (κ1) is 11.5. The van der Waals surface area contributed by atoms with Gasteiger partial charge in [-0.05, 0) is 31.2 Å². The highest BCUT2D eigenvalue weighted by molar-refractivity contribution is 5.26. The molecule has 18 heavy (non-hydrogen) atoms. The van der Waals surface area contributed by atoms with E-state index in [2.05, 4.69) is 46.5 Å². The maximum absolute atomic E-state index is 4.22. The molecule has 2 aromatic rings. The summed E-state index contributed by atoms with van der Waals surface area (Å²) in [5.74, 6) is 1.76. The molecule has 0 saturated heterocycles. The van der Waals surface area contributed by atoms with Crippen LogP contribution >= 0.6 is 0 Å². The zero-order valence-corrected chi connectivity index (χ0v) is 10.7. The second-order valence-corrected chi connectivity index (χ2v) is 5.19. The van der Waals surface area contributed by atoms with Crippen LogP contribution in [-0.2, 0) is 6.54 Å². The van der Waals surface area contributed by atoms with E-state index in [1.165, 1.54) is 24.0 Å². The zero-order chi connectivity index (χ0) is 12.4. The van der Waals surface area contributed by atoms with Gasteiger partial charge < -0.3 is 10.3 Å². The summed E-state index contributed by atoms with van der Waals surface area (Å²) in [5, 5.41) is 3.54. The van der Waals surface area contributed by atoms with E-state index in [1.54, 1.807) is 6.20 Å². The molecule has 1 fully saturated rings. The Kier molecular flexibility index (Phi) is 3.15. The van der Waals surface area contributed by atoms with E-state index in [0.717, 1.165) is 18.3 Å². The molecule has 94 valence electrons. The van der Waals surface area contributed by atoms with Crippen molar-refractivity contribution in [1.82, 2.24) is 15.3 Å². The Bertz CT molecular complexity index is 481. The minimum Gasteiger partial charge on any atom is -0.348 e. The van der Waals surface area contributed by atoms with Gasteiger partial charge in [-0.25, -0.2) is 4.98 Å². The average Bonchev–Trinajstić information content (AvgIpc) is 2.82. The van der Waals surface area contributed by atoms with E-state index in [1.807, 2.05) is 6.20 Å². The van der Waals surface area contributed by atoms with Crippen LogP contribution in [0.2, 0.25) is 0 Å². The van der Waals surface area contributed by atoms with Crippen molar-refractivity contribution in [2.24, 2.45) is 0 Å². The van der Waals surface area contributed by atoms with Gasteiger partial charge in [-0.15, -0.1) is 0 Å². The molecule has 1 aliphatic carbocycles. The molecule has 2 N–H and O–H groups in total. The number of rotatable bonds is 4. The van der Waals surface area contributed by atoms with E-state index in [0.29, 0.717) is 6.04 Å². The first-order valence-electron chi connectivity index (χ1n) is 6.59. The number of aryl methyl sites for hydroxylation is 1. The maximum Gasteiger partial charge on any atom is 0.120 e. The second-order valence-electron chi connectivity index (χ2n) is 5.19. The molecule has 0 unspecified atom stereocenters. The van der Waals surface area contributed by atoms with Gasteiger partial charge in [-0.1, -0.05) is 29.8 Å². The third-order valence-electron chi connectivity index (χ3n) is 3.80. The number of imidazole rings is 1. The highest BCUT2D eigenvalue weighted by Gasteiger charge is 2.29. The fraction of sp³-hybridized carbons (Fsp3) is 0.400. The van der Waals surface area contributed by atoms with Gasteiger partial charge in [0.15, 0.2) is 0 Å². The van der Waals surface area contributed by atoms with Crippen molar-refractivity contribution in [3.8, 4) is 0 Å². The Morgan fingerprint density at radius 3 is 2.72 bits per heavy atom. The van der Waals surface area contributed by atoms with E-state index in [9.17, 15) is 0 Å². The Labute approximate surface area is 108 Å². The van der Waals surface area contributed by atoms with E-state index in [-0.39, 0.29) is 0 Å². The average molecular weight is 241 g/mol. The van der Waals surface area contributed by atoms with Crippen molar-refractivity contribution in [3.63, 3.8) is 0 Å². The van der Waals surface area contributed by atoms with Crippen molar-refractivity contribution < 1.29 is 0 Å². The summed E-state index contributed by atoms with van der Waals surface area (Å²) < 4.78 is 0. The van der Waals surface area contributed by atoms with E-state index < -0.39 is 0 Å². The zero-order valence-electron chi connectivity index (χ0n) is 10.7. The number of aromatic nitrogens is 2. The van der Waals surface area contributed by atoms with Crippen LogP contribution in [0, 0.1) is 6.92 Å². The highest BCUT2D eigenvalue weighted by Crippen LogP contribution is 2.36. The molecule has 1 aliphatic rings. The summed E-state index contributed by atoms with van der Waals surface area (Å²) in [6.45, 7) is 2.98. The van der Waals surface area contributed by atoms with E-state index >= 15 is 0 Å². The molecular weight excluding hydrogens is 222 g/mol. The fourth-order valence-electron chi connectivity index (χ4n) is 2.53. The molecule has 0 spiro atoms. The maximum atomic E-state index is 4.22. The Morgan fingerprint density at radius 1 is 1.28 bits per heavy atom. The second kappa shape index (κ2) is 4.94. The summed E-state index contributed by atoms with van der Waals surface area (Å²) in [6.07, 6.45) is 6.15. The van der Waals surface area contributed by atoms with Gasteiger partial charge in [-0.3, -0.25) is 0 Å². The van der Waals surface area contributed by atoms with E-state index in [4.69, 9.17) is 0 Å². The third-order valence-corrected chi connectivity index (χ3v) is 3.80. The van der Waals surface area contributed by atoms with Crippen LogP contribution in [0.15, 0.2) is 36.7 Å². The number of nitrogens with one attached hydrogen (secondary N) is 2. The van der Waals surface area contributed by atoms with Crippen molar-refractivity contribution in [2.45, 2.75) is 38.3 Å². The number of aromatic amines is 1. The van der Waals surface area contributed by atoms with Gasteiger partial charge in [-0.2, -0.15) is 0 Å². The summed E-state index contributed by atoms with van der Waals surface area (Å²) in [7, 11) is 0. The fourth-order valence-corrected chi connectivity index (χ4v) is 2.53. The molecule has 0 aliphatic heterocycles. The predicted octanol–water partition coefficient (Wildman–Crippen LogP) is 2.75. The summed E-state index contributed by atoms with van der Waals surface area (Å²) >= 11 is 0. The Balaban J connectivity index is 1.47. The summed E-state index contributed by atoms with van der Waals surface area (Å²) in [6, 6.07) is 9.59. The molecule has 0 atom stereocenters. The topological polar surface area (TPSA) is 40.7 Å². The lowest BCUT2D eigenvalue weighted by atomic mass is 9.76. The monoisotopic (exact) mass is 241 g/mol. The van der Waals surface area contributed by atoms with Gasteiger partial charge >= 0.3 is 0 Å². The quantitative estimate of drug-likeness (QED) is 0.864. The number of nitrogens with zero attached hydrogens (tertiary/aromatic N) is 1. The minimum atomic E-state index is 0.640. The number of H-pyrrole nitrogens is 1. The van der Waals surface area contributed by atoms with Crippen molar-refractivity contribution in [3.05, 3.63) is 53.6 Å². The smallest absolute Gasteiger partial charge is 0.120 e. The molecule has 1 aromatic carbocycles. The van der Waals surface area contributed by atoms with Crippen LogP contribution in [-0.4, -0.2) is 16.0 Å². The van der Waals surface area contributed by atoms with Crippen molar-refractivity contribution in [1.29, 1.82) is 0 Å². The first-order valence-corrected chi connectivity index (χ1v) is 6.59. The van der Waals surface area contributed by atoms with Crippen molar-refractivity contribution in [2.75, 3.05) is 0 Å². The SMILES string of the molecule is Cc1ccc(C2CC(NCc3ncc[nH]3)C2)cc1. The third kappa shape index (κ3) is 2.46. The predicted molar refractivity (Wildman–Crippen MR) is 72.4 cm³/mol. The largest absolute Gasteiger partial charge is 0.348 e. The lowest BCUT2D eigenvalue weighted by Crippen LogP contribution is -2.39. The van der Waals surface area contributed by atoms with Gasteiger partial charge in [0, 0.05) is 18.4 Å². The molecule has 1 aromatic heterocycles. The Morgan fingerprint density at radius 2 is 2.06 bits per heavy atom. The lowest BCUT2D eigenvalue weighted by Gasteiger charge is -2.36. The Hall–Kier alpha value is -1.61. The molecule has 3 heteroatoms. The first-order chi connectivity index (χ1) is 8.81. The molecule has 0 radical (unpaired) electrons. The standard InChI is InChI=1S/C15H19N3/c1-11-2-4-12(5-3-11)13-8-14(9-13)18-10-15-16-6-7-17-15/h2-7,13-14,18H,8-10H2,1H3,(H,16,17). The molecule has 0 amide bonds. The molecule has 1 saturated carbocycles. The van der Waals surface area contributed by atoms with Crippen LogP contribution in [0.25, 0.3) is 0 Å². The van der Waals surface area contributed by atoms with Gasteiger partial charge in [0.1, 0.15) is 5.82 Å². The van der Waals surface area contributed by atoms with Crippen molar-refractivity contribution >= 4 is 0 Å². The minimum absolute atomic E-state index is 0.640. The highest BCUT2D eigenvalue weighted by atomic mass is 15.0. The number of benzene rings is 1. The molecular formula is C15H19N3. The van der Waals surface area contributed by atoms with Crippen LogP contribution < -0.4 is 5.32 Å².